The van der Waals surface area contributed by atoms with Gasteiger partial charge in [-0.3, -0.25) is 5.10 Å². The number of benzene rings is 1. The maximum absolute atomic E-state index is 14.6. The molecule has 0 spiro atoms. The van der Waals surface area contributed by atoms with Crippen molar-refractivity contribution in [2.75, 3.05) is 29.8 Å². The van der Waals surface area contributed by atoms with Crippen LogP contribution in [0.5, 0.6) is 0 Å². The summed E-state index contributed by atoms with van der Waals surface area (Å²) in [6.45, 7) is 1.82. The van der Waals surface area contributed by atoms with Crippen LogP contribution in [0.25, 0.3) is 10.9 Å². The third-order valence-electron chi connectivity index (χ3n) is 3.31. The van der Waals surface area contributed by atoms with Crippen molar-refractivity contribution in [1.82, 2.24) is 10.2 Å². The predicted molar refractivity (Wildman–Crippen MR) is 79.2 cm³/mol. The summed E-state index contributed by atoms with van der Waals surface area (Å²) in [6.07, 6.45) is 3.75. The highest BCUT2D eigenvalue weighted by Crippen LogP contribution is 2.40. The quantitative estimate of drug-likeness (QED) is 0.915. The second kappa shape index (κ2) is 4.45. The van der Waals surface area contributed by atoms with Crippen LogP contribution in [0.1, 0.15) is 5.56 Å². The van der Waals surface area contributed by atoms with E-state index in [0.29, 0.717) is 11.3 Å². The molecule has 0 atom stereocenters. The minimum Gasteiger partial charge on any atom is -0.374 e. The normalized spacial score (nSPS) is 14.6. The number of hydrogen-bond donors (Lipinski definition) is 1. The van der Waals surface area contributed by atoms with Gasteiger partial charge in [0.05, 0.1) is 29.0 Å². The minimum atomic E-state index is -0.193. The van der Waals surface area contributed by atoms with Gasteiger partial charge in [-0.15, -0.1) is 11.8 Å². The predicted octanol–water partition coefficient (Wildman–Crippen LogP) is 3.06. The average molecular weight is 278 g/mol. The fourth-order valence-corrected chi connectivity index (χ4v) is 3.15. The molecule has 0 unspecified atom stereocenters. The number of thioether (sulfide) groups is 1. The first-order valence-electron chi connectivity index (χ1n) is 5.98. The summed E-state index contributed by atoms with van der Waals surface area (Å²) in [6, 6.07) is 0. The number of aromatic amines is 1. The van der Waals surface area contributed by atoms with E-state index in [9.17, 15) is 4.39 Å². The number of H-pyrrole nitrogens is 1. The highest BCUT2D eigenvalue weighted by molar-refractivity contribution is 8.02. The van der Waals surface area contributed by atoms with E-state index in [1.165, 1.54) is 0 Å². The molecule has 0 bridgehead atoms. The van der Waals surface area contributed by atoms with Gasteiger partial charge in [0.2, 0.25) is 0 Å². The average Bonchev–Trinajstić information content (AvgIpc) is 3.00. The van der Waals surface area contributed by atoms with E-state index in [4.69, 9.17) is 0 Å². The van der Waals surface area contributed by atoms with Crippen LogP contribution in [-0.2, 0) is 0 Å². The molecule has 1 aromatic carbocycles. The summed E-state index contributed by atoms with van der Waals surface area (Å²) in [7, 11) is 3.67. The Morgan fingerprint density at radius 2 is 2.26 bits per heavy atom. The number of halogens is 1. The van der Waals surface area contributed by atoms with E-state index < -0.39 is 0 Å². The van der Waals surface area contributed by atoms with Crippen LogP contribution < -0.4 is 9.80 Å². The Labute approximate surface area is 115 Å². The molecule has 3 rings (SSSR count). The van der Waals surface area contributed by atoms with Crippen LogP contribution in [0, 0.1) is 12.7 Å². The number of anilines is 2. The summed E-state index contributed by atoms with van der Waals surface area (Å²) >= 11 is 1.70. The number of nitrogens with one attached hydrogen (secondary N) is 1. The van der Waals surface area contributed by atoms with Gasteiger partial charge < -0.3 is 9.80 Å². The third kappa shape index (κ3) is 1.78. The van der Waals surface area contributed by atoms with Gasteiger partial charge in [-0.1, -0.05) is 0 Å². The zero-order valence-electron chi connectivity index (χ0n) is 11.1. The van der Waals surface area contributed by atoms with E-state index in [1.807, 2.05) is 32.6 Å². The molecule has 2 aromatic rings. The maximum Gasteiger partial charge on any atom is 0.153 e. The molecular weight excluding hydrogens is 263 g/mol. The monoisotopic (exact) mass is 278 g/mol. The van der Waals surface area contributed by atoms with Crippen LogP contribution >= 0.6 is 11.8 Å². The third-order valence-corrected chi connectivity index (χ3v) is 4.05. The largest absolute Gasteiger partial charge is 0.374 e. The van der Waals surface area contributed by atoms with Gasteiger partial charge in [-0.05, 0) is 12.3 Å². The first-order chi connectivity index (χ1) is 9.11. The summed E-state index contributed by atoms with van der Waals surface area (Å²) in [4.78, 5) is 3.83. The van der Waals surface area contributed by atoms with E-state index in [2.05, 4.69) is 15.1 Å². The molecule has 0 saturated heterocycles. The van der Waals surface area contributed by atoms with Gasteiger partial charge in [0, 0.05) is 31.2 Å². The maximum atomic E-state index is 14.6. The molecule has 0 radical (unpaired) electrons. The van der Waals surface area contributed by atoms with Crippen molar-refractivity contribution in [3.05, 3.63) is 29.2 Å². The first kappa shape index (κ1) is 12.3. The molecule has 1 N–H and O–H groups in total. The van der Waals surface area contributed by atoms with E-state index in [0.717, 1.165) is 22.5 Å². The number of hydrogen-bond acceptors (Lipinski definition) is 4. The van der Waals surface area contributed by atoms with Gasteiger partial charge in [0.25, 0.3) is 0 Å². The van der Waals surface area contributed by atoms with Crippen molar-refractivity contribution in [2.45, 2.75) is 6.92 Å². The molecule has 1 aliphatic rings. The van der Waals surface area contributed by atoms with Crippen LogP contribution in [0.3, 0.4) is 0 Å². The van der Waals surface area contributed by atoms with Crippen molar-refractivity contribution in [3.63, 3.8) is 0 Å². The molecule has 0 saturated carbocycles. The molecule has 1 aromatic heterocycles. The van der Waals surface area contributed by atoms with E-state index >= 15 is 0 Å². The van der Waals surface area contributed by atoms with E-state index in [1.54, 1.807) is 22.9 Å². The molecular formula is C13H15FN4S. The van der Waals surface area contributed by atoms with Crippen molar-refractivity contribution in [2.24, 2.45) is 0 Å². The fourth-order valence-electron chi connectivity index (χ4n) is 2.45. The molecule has 4 nitrogen and oxygen atoms in total. The molecule has 0 aliphatic carbocycles. The summed E-state index contributed by atoms with van der Waals surface area (Å²) in [5.41, 5.74) is 2.86. The summed E-state index contributed by atoms with van der Waals surface area (Å²) in [5, 5.41) is 9.97. The van der Waals surface area contributed by atoms with Gasteiger partial charge >= 0.3 is 0 Å². The Hall–Kier alpha value is -1.69. The van der Waals surface area contributed by atoms with E-state index in [-0.39, 0.29) is 5.82 Å². The van der Waals surface area contributed by atoms with Crippen LogP contribution in [0.4, 0.5) is 15.8 Å². The first-order valence-corrected chi connectivity index (χ1v) is 7.03. The van der Waals surface area contributed by atoms with Gasteiger partial charge in [-0.2, -0.15) is 5.10 Å². The van der Waals surface area contributed by atoms with Gasteiger partial charge in [0.15, 0.2) is 5.82 Å². The van der Waals surface area contributed by atoms with Gasteiger partial charge in [-0.25, -0.2) is 4.39 Å². The lowest BCUT2D eigenvalue weighted by Crippen LogP contribution is -2.17. The Morgan fingerprint density at radius 1 is 1.47 bits per heavy atom. The number of fused-ring (bicyclic) bond motifs is 1. The van der Waals surface area contributed by atoms with Crippen LogP contribution in [-0.4, -0.2) is 30.2 Å². The Morgan fingerprint density at radius 3 is 2.89 bits per heavy atom. The Balaban J connectivity index is 2.34. The van der Waals surface area contributed by atoms with Crippen molar-refractivity contribution < 1.29 is 4.39 Å². The second-order valence-electron chi connectivity index (χ2n) is 4.74. The van der Waals surface area contributed by atoms with Crippen LogP contribution in [0.2, 0.25) is 0 Å². The number of nitrogens with zero attached hydrogens (tertiary/aromatic N) is 3. The Kier molecular flexibility index (Phi) is 2.89. The van der Waals surface area contributed by atoms with Crippen molar-refractivity contribution in [1.29, 1.82) is 0 Å². The Bertz CT molecular complexity index is 662. The lowest BCUT2D eigenvalue weighted by atomic mass is 10.1. The zero-order chi connectivity index (χ0) is 13.6. The highest BCUT2D eigenvalue weighted by Gasteiger charge is 2.23. The highest BCUT2D eigenvalue weighted by atomic mass is 32.2. The molecule has 100 valence electrons. The number of aromatic nitrogens is 2. The van der Waals surface area contributed by atoms with Gasteiger partial charge in [0.1, 0.15) is 0 Å². The molecule has 0 fully saturated rings. The SMILES string of the molecule is Cc1c(F)c(N(C)C)c2[nH]ncc2c1N1C=CSC1. The van der Waals surface area contributed by atoms with Crippen LogP contribution in [0.15, 0.2) is 17.8 Å². The molecule has 19 heavy (non-hydrogen) atoms. The molecule has 2 heterocycles. The lowest BCUT2D eigenvalue weighted by Gasteiger charge is -2.23. The zero-order valence-corrected chi connectivity index (χ0v) is 11.9. The molecule has 6 heteroatoms. The molecule has 0 amide bonds. The topological polar surface area (TPSA) is 35.2 Å². The fraction of sp³-hybridized carbons (Fsp3) is 0.308. The summed E-state index contributed by atoms with van der Waals surface area (Å²) in [5.74, 6) is 0.615. The minimum absolute atomic E-state index is 0.193. The summed E-state index contributed by atoms with van der Waals surface area (Å²) < 4.78 is 14.6. The smallest absolute Gasteiger partial charge is 0.153 e. The number of rotatable bonds is 2. The van der Waals surface area contributed by atoms with Crippen molar-refractivity contribution >= 4 is 34.0 Å². The second-order valence-corrected chi connectivity index (χ2v) is 5.60. The molecule has 1 aliphatic heterocycles. The van der Waals surface area contributed by atoms with Crippen molar-refractivity contribution in [3.8, 4) is 0 Å². The lowest BCUT2D eigenvalue weighted by molar-refractivity contribution is 0.618. The standard InChI is InChI=1S/C13H15FN4S/c1-8-10(14)13(17(2)3)11-9(6-15-16-11)12(8)18-4-5-19-7-18/h4-6H,7H2,1-3H3,(H,15,16).